The van der Waals surface area contributed by atoms with Gasteiger partial charge in [-0.05, 0) is 6.92 Å². The molecule has 1 atom stereocenters. The van der Waals surface area contributed by atoms with Crippen LogP contribution in [0.4, 0.5) is 0 Å². The first-order chi connectivity index (χ1) is 4.54. The van der Waals surface area contributed by atoms with Gasteiger partial charge in [0.1, 0.15) is 0 Å². The minimum absolute atomic E-state index is 0.162. The van der Waals surface area contributed by atoms with Crippen molar-refractivity contribution in [1.29, 1.82) is 0 Å². The summed E-state index contributed by atoms with van der Waals surface area (Å²) >= 11 is 0. The molecule has 0 heterocycles. The lowest BCUT2D eigenvalue weighted by molar-refractivity contribution is -0.136. The van der Waals surface area contributed by atoms with Gasteiger partial charge >= 0.3 is 5.97 Å². The topological polar surface area (TPSA) is 89.3 Å². The predicted octanol–water partition coefficient (Wildman–Crippen LogP) is -0.227. The quantitative estimate of drug-likeness (QED) is 0.504. The fourth-order valence-electron chi connectivity index (χ4n) is 0. The average molecular weight is 148 g/mol. The van der Waals surface area contributed by atoms with Crippen molar-refractivity contribution in [2.24, 2.45) is 11.5 Å². The third kappa shape index (κ3) is 26.3. The fourth-order valence-corrected chi connectivity index (χ4v) is 0. The molecule has 62 valence electrons. The van der Waals surface area contributed by atoms with Gasteiger partial charge in [-0.1, -0.05) is 6.92 Å². The summed E-state index contributed by atoms with van der Waals surface area (Å²) < 4.78 is 0. The number of carboxylic acid groups (broad SMARTS) is 1. The molecule has 0 aromatic carbocycles. The van der Waals surface area contributed by atoms with E-state index in [0.717, 1.165) is 0 Å². The lowest BCUT2D eigenvalue weighted by Gasteiger charge is -1.92. The van der Waals surface area contributed by atoms with Gasteiger partial charge in [0.2, 0.25) is 0 Å². The van der Waals surface area contributed by atoms with Crippen molar-refractivity contribution in [3.8, 4) is 0 Å². The molecule has 0 saturated carbocycles. The van der Waals surface area contributed by atoms with E-state index in [-0.39, 0.29) is 12.5 Å². The highest BCUT2D eigenvalue weighted by Crippen LogP contribution is 1.67. The second kappa shape index (κ2) is 8.39. The number of aliphatic carboxylic acids is 1. The first-order valence-electron chi connectivity index (χ1n) is 3.22. The van der Waals surface area contributed by atoms with Crippen molar-refractivity contribution in [2.75, 3.05) is 6.54 Å². The van der Waals surface area contributed by atoms with Gasteiger partial charge in [0.25, 0.3) is 0 Å². The van der Waals surface area contributed by atoms with Crippen molar-refractivity contribution in [3.63, 3.8) is 0 Å². The van der Waals surface area contributed by atoms with Crippen LogP contribution in [0.1, 0.15) is 20.3 Å². The maximum Gasteiger partial charge on any atom is 0.303 e. The summed E-state index contributed by atoms with van der Waals surface area (Å²) in [4.78, 5) is 9.37. The second-order valence-corrected chi connectivity index (χ2v) is 1.96. The van der Waals surface area contributed by atoms with Crippen LogP contribution in [0.2, 0.25) is 0 Å². The van der Waals surface area contributed by atoms with E-state index in [1.807, 2.05) is 6.92 Å². The Bertz CT molecular complexity index is 83.8. The Morgan fingerprint density at radius 3 is 1.90 bits per heavy atom. The van der Waals surface area contributed by atoms with E-state index in [1.165, 1.54) is 0 Å². The van der Waals surface area contributed by atoms with Crippen molar-refractivity contribution in [3.05, 3.63) is 0 Å². The Hall–Kier alpha value is -0.610. The summed E-state index contributed by atoms with van der Waals surface area (Å²) in [6, 6.07) is 0.162. The Kier molecular flexibility index (Phi) is 10.2. The van der Waals surface area contributed by atoms with Crippen LogP contribution >= 0.6 is 0 Å². The van der Waals surface area contributed by atoms with Gasteiger partial charge in [0.05, 0.1) is 0 Å². The minimum atomic E-state index is -0.745. The zero-order valence-corrected chi connectivity index (χ0v) is 6.50. The summed E-state index contributed by atoms with van der Waals surface area (Å²) in [6.07, 6.45) is 0.222. The number of rotatable bonds is 2. The van der Waals surface area contributed by atoms with Crippen LogP contribution < -0.4 is 11.5 Å². The van der Waals surface area contributed by atoms with Gasteiger partial charge in [0, 0.05) is 19.0 Å². The fraction of sp³-hybridized carbons (Fsp3) is 0.833. The lowest BCUT2D eigenvalue weighted by Crippen LogP contribution is -2.25. The maximum absolute atomic E-state index is 9.37. The van der Waals surface area contributed by atoms with Gasteiger partial charge in [-0.2, -0.15) is 0 Å². The number of hydrogen-bond donors (Lipinski definition) is 3. The van der Waals surface area contributed by atoms with Crippen LogP contribution in [0.25, 0.3) is 0 Å². The number of nitrogens with two attached hydrogens (primary N) is 2. The molecule has 0 spiro atoms. The molecule has 0 rings (SSSR count). The molecule has 0 bridgehead atoms. The van der Waals surface area contributed by atoms with Gasteiger partial charge in [-0.25, -0.2) is 0 Å². The first kappa shape index (κ1) is 12.1. The maximum atomic E-state index is 9.37. The van der Waals surface area contributed by atoms with Crippen LogP contribution in [-0.4, -0.2) is 23.7 Å². The standard InChI is InChI=1S/C3H10N2.C3H6O2/c1-3(5)2-4;1-2-3(4)5/h3H,2,4-5H2,1H3;2H2,1H3,(H,4,5). The van der Waals surface area contributed by atoms with Gasteiger partial charge in [0.15, 0.2) is 0 Å². The third-order valence-electron chi connectivity index (χ3n) is 0.674. The number of hydrogen-bond acceptors (Lipinski definition) is 3. The molecule has 4 nitrogen and oxygen atoms in total. The monoisotopic (exact) mass is 148 g/mol. The molecular formula is C6H16N2O2. The predicted molar refractivity (Wildman–Crippen MR) is 40.6 cm³/mol. The van der Waals surface area contributed by atoms with Crippen molar-refractivity contribution in [2.45, 2.75) is 26.3 Å². The van der Waals surface area contributed by atoms with Gasteiger partial charge in [-0.3, -0.25) is 4.79 Å². The summed E-state index contributed by atoms with van der Waals surface area (Å²) in [6.45, 7) is 4.06. The molecule has 0 saturated heterocycles. The molecular weight excluding hydrogens is 132 g/mol. The molecule has 0 aromatic rings. The smallest absolute Gasteiger partial charge is 0.303 e. The molecule has 10 heavy (non-hydrogen) atoms. The molecule has 0 aliphatic heterocycles. The molecule has 0 aliphatic rings. The number of carbonyl (C=O) groups is 1. The van der Waals surface area contributed by atoms with Crippen LogP contribution in [0.5, 0.6) is 0 Å². The molecule has 1 unspecified atom stereocenters. The van der Waals surface area contributed by atoms with Crippen LogP contribution in [0.15, 0.2) is 0 Å². The van der Waals surface area contributed by atoms with Gasteiger partial charge < -0.3 is 16.6 Å². The summed E-state index contributed by atoms with van der Waals surface area (Å²) in [5, 5.41) is 7.72. The highest BCUT2D eigenvalue weighted by molar-refractivity contribution is 5.66. The molecule has 0 radical (unpaired) electrons. The first-order valence-corrected chi connectivity index (χ1v) is 3.22. The highest BCUT2D eigenvalue weighted by atomic mass is 16.4. The van der Waals surface area contributed by atoms with E-state index in [2.05, 4.69) is 0 Å². The second-order valence-electron chi connectivity index (χ2n) is 1.96. The lowest BCUT2D eigenvalue weighted by atomic mass is 10.4. The van der Waals surface area contributed by atoms with Crippen LogP contribution in [0, 0.1) is 0 Å². The highest BCUT2D eigenvalue weighted by Gasteiger charge is 1.81. The molecule has 0 amide bonds. The summed E-state index contributed by atoms with van der Waals surface area (Å²) in [5.41, 5.74) is 10.2. The zero-order valence-electron chi connectivity index (χ0n) is 6.50. The van der Waals surface area contributed by atoms with E-state index in [9.17, 15) is 4.79 Å². The van der Waals surface area contributed by atoms with E-state index in [4.69, 9.17) is 16.6 Å². The molecule has 5 N–H and O–H groups in total. The zero-order chi connectivity index (χ0) is 8.57. The largest absolute Gasteiger partial charge is 0.481 e. The summed E-state index contributed by atoms with van der Waals surface area (Å²) in [5.74, 6) is -0.745. The SMILES string of the molecule is CC(N)CN.CCC(=O)O. The third-order valence-corrected chi connectivity index (χ3v) is 0.674. The van der Waals surface area contributed by atoms with Crippen LogP contribution in [0.3, 0.4) is 0 Å². The Balaban J connectivity index is 0. The van der Waals surface area contributed by atoms with Gasteiger partial charge in [-0.15, -0.1) is 0 Å². The van der Waals surface area contributed by atoms with Crippen LogP contribution in [-0.2, 0) is 4.79 Å². The number of carboxylic acids is 1. The van der Waals surface area contributed by atoms with Crippen molar-refractivity contribution < 1.29 is 9.90 Å². The Morgan fingerprint density at radius 2 is 1.90 bits per heavy atom. The average Bonchev–Trinajstić information content (AvgIpc) is 1.89. The summed E-state index contributed by atoms with van der Waals surface area (Å²) in [7, 11) is 0. The van der Waals surface area contributed by atoms with E-state index >= 15 is 0 Å². The Labute approximate surface area is 61.2 Å². The minimum Gasteiger partial charge on any atom is -0.481 e. The normalized spacial score (nSPS) is 11.2. The van der Waals surface area contributed by atoms with E-state index in [0.29, 0.717) is 6.54 Å². The Morgan fingerprint density at radius 1 is 1.70 bits per heavy atom. The molecule has 0 fully saturated rings. The molecule has 4 heteroatoms. The molecule has 0 aliphatic carbocycles. The van der Waals surface area contributed by atoms with Crippen molar-refractivity contribution in [1.82, 2.24) is 0 Å². The van der Waals surface area contributed by atoms with E-state index in [1.54, 1.807) is 6.92 Å². The van der Waals surface area contributed by atoms with Crippen molar-refractivity contribution >= 4 is 5.97 Å². The van der Waals surface area contributed by atoms with E-state index < -0.39 is 5.97 Å². The molecule has 0 aromatic heterocycles.